The van der Waals surface area contributed by atoms with Crippen LogP contribution in [-0.2, 0) is 5.60 Å². The molecule has 0 unspecified atom stereocenters. The molecule has 132 valence electrons. The standard InChI is InChI=1S/C20H25N3O2/c1-5-20(24,6-2)15-9-14(17-11(3)23-25-12(17)4)10-16-18(15)22-19(21-16)13-7-8-13/h9-10,13,24H,5-8H2,1-4H3,(H,21,22). The summed E-state index contributed by atoms with van der Waals surface area (Å²) in [6.45, 7) is 7.91. The van der Waals surface area contributed by atoms with E-state index >= 15 is 0 Å². The zero-order chi connectivity index (χ0) is 17.8. The molecule has 4 rings (SSSR count). The van der Waals surface area contributed by atoms with Gasteiger partial charge in [0, 0.05) is 17.0 Å². The van der Waals surface area contributed by atoms with E-state index in [-0.39, 0.29) is 0 Å². The molecule has 1 aromatic carbocycles. The molecule has 0 amide bonds. The first-order chi connectivity index (χ1) is 12.0. The number of nitrogens with one attached hydrogen (secondary N) is 1. The van der Waals surface area contributed by atoms with Gasteiger partial charge in [-0.25, -0.2) is 4.98 Å². The van der Waals surface area contributed by atoms with Crippen LogP contribution >= 0.6 is 0 Å². The Bertz CT molecular complexity index is 910. The van der Waals surface area contributed by atoms with Crippen molar-refractivity contribution < 1.29 is 9.63 Å². The summed E-state index contributed by atoms with van der Waals surface area (Å²) in [6.07, 6.45) is 3.68. The van der Waals surface area contributed by atoms with Crippen LogP contribution in [0.5, 0.6) is 0 Å². The number of rotatable bonds is 5. The second kappa shape index (κ2) is 5.70. The summed E-state index contributed by atoms with van der Waals surface area (Å²) in [5.74, 6) is 2.38. The Morgan fingerprint density at radius 1 is 1.24 bits per heavy atom. The highest BCUT2D eigenvalue weighted by atomic mass is 16.5. The first kappa shape index (κ1) is 16.3. The Labute approximate surface area is 147 Å². The van der Waals surface area contributed by atoms with Crippen LogP contribution in [0.15, 0.2) is 16.7 Å². The maximum absolute atomic E-state index is 11.2. The molecule has 0 bridgehead atoms. The summed E-state index contributed by atoms with van der Waals surface area (Å²) < 4.78 is 5.36. The van der Waals surface area contributed by atoms with Crippen LogP contribution in [-0.4, -0.2) is 20.2 Å². The van der Waals surface area contributed by atoms with Gasteiger partial charge in [-0.3, -0.25) is 0 Å². The van der Waals surface area contributed by atoms with Gasteiger partial charge in [0.15, 0.2) is 0 Å². The van der Waals surface area contributed by atoms with Gasteiger partial charge in [-0.1, -0.05) is 19.0 Å². The number of aliphatic hydroxyl groups is 1. The van der Waals surface area contributed by atoms with E-state index < -0.39 is 5.60 Å². The van der Waals surface area contributed by atoms with E-state index in [2.05, 4.69) is 22.3 Å². The molecule has 0 radical (unpaired) electrons. The third kappa shape index (κ3) is 2.58. The summed E-state index contributed by atoms with van der Waals surface area (Å²) >= 11 is 0. The fourth-order valence-corrected chi connectivity index (χ4v) is 3.71. The predicted octanol–water partition coefficient (Wildman–Crippen LogP) is 4.72. The lowest BCUT2D eigenvalue weighted by atomic mass is 9.85. The molecule has 1 aliphatic rings. The van der Waals surface area contributed by atoms with Crippen molar-refractivity contribution in [2.75, 3.05) is 0 Å². The van der Waals surface area contributed by atoms with Crippen LogP contribution in [0, 0.1) is 13.8 Å². The van der Waals surface area contributed by atoms with Gasteiger partial charge in [-0.05, 0) is 57.2 Å². The second-order valence-corrected chi connectivity index (χ2v) is 7.25. The molecular weight excluding hydrogens is 314 g/mol. The SMILES string of the molecule is CCC(O)(CC)c1cc(-c2c(C)noc2C)cc2[nH]c(C3CC3)nc12. The lowest BCUT2D eigenvalue weighted by molar-refractivity contribution is 0.0297. The van der Waals surface area contributed by atoms with Crippen molar-refractivity contribution in [1.82, 2.24) is 15.1 Å². The summed E-state index contributed by atoms with van der Waals surface area (Å²) in [5, 5.41) is 15.3. The van der Waals surface area contributed by atoms with E-state index in [9.17, 15) is 5.11 Å². The molecule has 2 aromatic heterocycles. The fraction of sp³-hybridized carbons (Fsp3) is 0.500. The molecule has 0 spiro atoms. The molecular formula is C20H25N3O2. The van der Waals surface area contributed by atoms with Crippen LogP contribution in [0.25, 0.3) is 22.2 Å². The number of benzene rings is 1. The molecule has 5 nitrogen and oxygen atoms in total. The van der Waals surface area contributed by atoms with E-state index in [0.29, 0.717) is 18.8 Å². The summed E-state index contributed by atoms with van der Waals surface area (Å²) in [4.78, 5) is 8.34. The first-order valence-electron chi connectivity index (χ1n) is 9.16. The van der Waals surface area contributed by atoms with Crippen LogP contribution in [0.2, 0.25) is 0 Å². The number of nitrogens with zero attached hydrogens (tertiary/aromatic N) is 2. The van der Waals surface area contributed by atoms with Gasteiger partial charge in [-0.2, -0.15) is 0 Å². The van der Waals surface area contributed by atoms with Gasteiger partial charge in [0.2, 0.25) is 0 Å². The molecule has 5 heteroatoms. The Balaban J connectivity index is 1.99. The molecule has 0 saturated heterocycles. The molecule has 1 aliphatic carbocycles. The maximum Gasteiger partial charge on any atom is 0.141 e. The van der Waals surface area contributed by atoms with Crippen molar-refractivity contribution in [3.8, 4) is 11.1 Å². The van der Waals surface area contributed by atoms with E-state index in [1.807, 2.05) is 27.7 Å². The second-order valence-electron chi connectivity index (χ2n) is 7.25. The van der Waals surface area contributed by atoms with E-state index in [4.69, 9.17) is 9.51 Å². The molecule has 2 heterocycles. The van der Waals surface area contributed by atoms with Gasteiger partial charge in [-0.15, -0.1) is 0 Å². The maximum atomic E-state index is 11.2. The van der Waals surface area contributed by atoms with Crippen molar-refractivity contribution >= 4 is 11.0 Å². The highest BCUT2D eigenvalue weighted by Gasteiger charge is 2.32. The van der Waals surface area contributed by atoms with Crippen molar-refractivity contribution in [1.29, 1.82) is 0 Å². The first-order valence-corrected chi connectivity index (χ1v) is 9.16. The Kier molecular flexibility index (Phi) is 3.72. The van der Waals surface area contributed by atoms with E-state index in [0.717, 1.165) is 45.0 Å². The number of imidazole rings is 1. The average molecular weight is 339 g/mol. The lowest BCUT2D eigenvalue weighted by Crippen LogP contribution is -2.24. The average Bonchev–Trinajstić information content (AvgIpc) is 3.29. The number of H-pyrrole nitrogens is 1. The molecule has 0 aliphatic heterocycles. The summed E-state index contributed by atoms with van der Waals surface area (Å²) in [7, 11) is 0. The predicted molar refractivity (Wildman–Crippen MR) is 97.5 cm³/mol. The minimum Gasteiger partial charge on any atom is -0.385 e. The van der Waals surface area contributed by atoms with E-state index in [1.54, 1.807) is 0 Å². The summed E-state index contributed by atoms with van der Waals surface area (Å²) in [6, 6.07) is 4.18. The molecule has 1 saturated carbocycles. The third-order valence-electron chi connectivity index (χ3n) is 5.56. The number of aryl methyl sites for hydroxylation is 2. The monoisotopic (exact) mass is 339 g/mol. The highest BCUT2D eigenvalue weighted by Crippen LogP contribution is 2.42. The lowest BCUT2D eigenvalue weighted by Gasteiger charge is -2.26. The molecule has 25 heavy (non-hydrogen) atoms. The van der Waals surface area contributed by atoms with E-state index in [1.165, 1.54) is 12.8 Å². The van der Waals surface area contributed by atoms with Gasteiger partial charge in [0.05, 0.1) is 22.3 Å². The number of aromatic nitrogens is 3. The highest BCUT2D eigenvalue weighted by molar-refractivity contribution is 5.87. The zero-order valence-corrected chi connectivity index (χ0v) is 15.3. The molecule has 1 fully saturated rings. The Morgan fingerprint density at radius 3 is 2.52 bits per heavy atom. The quantitative estimate of drug-likeness (QED) is 0.705. The van der Waals surface area contributed by atoms with Crippen LogP contribution in [0.4, 0.5) is 0 Å². The zero-order valence-electron chi connectivity index (χ0n) is 15.3. The number of hydrogen-bond donors (Lipinski definition) is 2. The minimum atomic E-state index is -0.886. The molecule has 2 N–H and O–H groups in total. The van der Waals surface area contributed by atoms with Crippen LogP contribution in [0.1, 0.15) is 68.3 Å². The normalized spacial score (nSPS) is 15.2. The van der Waals surface area contributed by atoms with Gasteiger partial charge in [0.1, 0.15) is 11.6 Å². The molecule has 0 atom stereocenters. The topological polar surface area (TPSA) is 74.9 Å². The largest absolute Gasteiger partial charge is 0.385 e. The Hall–Kier alpha value is -2.14. The van der Waals surface area contributed by atoms with Gasteiger partial charge in [0.25, 0.3) is 0 Å². The summed E-state index contributed by atoms with van der Waals surface area (Å²) in [5.41, 5.74) is 4.77. The van der Waals surface area contributed by atoms with Gasteiger partial charge < -0.3 is 14.6 Å². The van der Waals surface area contributed by atoms with Crippen molar-refractivity contribution in [2.24, 2.45) is 0 Å². The molecule has 3 aromatic rings. The van der Waals surface area contributed by atoms with Crippen LogP contribution in [0.3, 0.4) is 0 Å². The third-order valence-corrected chi connectivity index (χ3v) is 5.56. The minimum absolute atomic E-state index is 0.541. The smallest absolute Gasteiger partial charge is 0.141 e. The number of hydrogen-bond acceptors (Lipinski definition) is 4. The van der Waals surface area contributed by atoms with Crippen molar-refractivity contribution in [3.05, 3.63) is 35.0 Å². The van der Waals surface area contributed by atoms with Gasteiger partial charge >= 0.3 is 0 Å². The van der Waals surface area contributed by atoms with Crippen molar-refractivity contribution in [3.63, 3.8) is 0 Å². The van der Waals surface area contributed by atoms with Crippen molar-refractivity contribution in [2.45, 2.75) is 64.9 Å². The number of fused-ring (bicyclic) bond motifs is 1. The fourth-order valence-electron chi connectivity index (χ4n) is 3.71. The number of aromatic amines is 1. The Morgan fingerprint density at radius 2 is 1.96 bits per heavy atom. The van der Waals surface area contributed by atoms with Crippen LogP contribution < -0.4 is 0 Å².